The molecule has 1 unspecified atom stereocenters. The highest BCUT2D eigenvalue weighted by Gasteiger charge is 2.35. The van der Waals surface area contributed by atoms with Crippen LogP contribution >= 0.6 is 11.6 Å². The third-order valence-electron chi connectivity index (χ3n) is 4.78. The molecule has 3 aromatic rings. The lowest BCUT2D eigenvalue weighted by atomic mass is 9.92. The average molecular weight is 373 g/mol. The Morgan fingerprint density at radius 3 is 2.81 bits per heavy atom. The van der Waals surface area contributed by atoms with Crippen LogP contribution in [0.1, 0.15) is 29.8 Å². The summed E-state index contributed by atoms with van der Waals surface area (Å²) in [5, 5.41) is 1.73. The Balaban J connectivity index is 1.88. The highest BCUT2D eigenvalue weighted by Crippen LogP contribution is 2.39. The highest BCUT2D eigenvalue weighted by molar-refractivity contribution is 6.31. The van der Waals surface area contributed by atoms with E-state index in [2.05, 4.69) is 4.98 Å². The second-order valence-electron chi connectivity index (χ2n) is 6.30. The molecule has 0 saturated heterocycles. The number of aromatic nitrogens is 1. The summed E-state index contributed by atoms with van der Waals surface area (Å²) in [6.07, 6.45) is 0.329. The summed E-state index contributed by atoms with van der Waals surface area (Å²) < 4.78 is 18.7. The normalized spacial score (nSPS) is 16.6. The Kier molecular flexibility index (Phi) is 4.32. The maximum absolute atomic E-state index is 13.4. The largest absolute Gasteiger partial charge is 0.450 e. The summed E-state index contributed by atoms with van der Waals surface area (Å²) in [7, 11) is 0. The molecule has 1 aromatic heterocycles. The maximum atomic E-state index is 13.4. The SMILES string of the molecule is CCOC(=O)N1CCc2c([nH]c3ccc(Cl)cc23)C1c1ccc(F)cc1. The second-order valence-corrected chi connectivity index (χ2v) is 6.74. The molecular weight excluding hydrogens is 355 g/mol. The Bertz CT molecular complexity index is 968. The van der Waals surface area contributed by atoms with Crippen LogP contribution in [0.5, 0.6) is 0 Å². The van der Waals surface area contributed by atoms with Crippen LogP contribution in [0.25, 0.3) is 10.9 Å². The van der Waals surface area contributed by atoms with Crippen LogP contribution in [-0.4, -0.2) is 29.1 Å². The lowest BCUT2D eigenvalue weighted by molar-refractivity contribution is 0.0932. The van der Waals surface area contributed by atoms with Crippen molar-refractivity contribution in [2.75, 3.05) is 13.2 Å². The minimum atomic E-state index is -0.371. The number of nitrogens with zero attached hydrogens (tertiary/aromatic N) is 1. The monoisotopic (exact) mass is 372 g/mol. The molecule has 0 saturated carbocycles. The number of fused-ring (bicyclic) bond motifs is 3. The zero-order valence-corrected chi connectivity index (χ0v) is 15.0. The van der Waals surface area contributed by atoms with E-state index in [0.717, 1.165) is 27.7 Å². The van der Waals surface area contributed by atoms with Gasteiger partial charge in [0.2, 0.25) is 0 Å². The molecule has 1 amide bonds. The molecule has 1 aliphatic rings. The predicted octanol–water partition coefficient (Wildman–Crippen LogP) is 5.06. The summed E-state index contributed by atoms with van der Waals surface area (Å²) in [5.41, 5.74) is 3.86. The van der Waals surface area contributed by atoms with E-state index in [9.17, 15) is 9.18 Å². The molecule has 1 N–H and O–H groups in total. The van der Waals surface area contributed by atoms with Gasteiger partial charge in [0.1, 0.15) is 11.9 Å². The van der Waals surface area contributed by atoms with Crippen molar-refractivity contribution in [3.8, 4) is 0 Å². The number of aromatic amines is 1. The molecule has 6 heteroatoms. The molecule has 1 atom stereocenters. The molecule has 1 aliphatic heterocycles. The topological polar surface area (TPSA) is 45.3 Å². The van der Waals surface area contributed by atoms with Gasteiger partial charge >= 0.3 is 6.09 Å². The number of halogens is 2. The van der Waals surface area contributed by atoms with Gasteiger partial charge in [0.15, 0.2) is 0 Å². The Labute approximate surface area is 155 Å². The van der Waals surface area contributed by atoms with E-state index in [4.69, 9.17) is 16.3 Å². The molecule has 4 nitrogen and oxygen atoms in total. The first kappa shape index (κ1) is 16.9. The molecule has 0 bridgehead atoms. The number of benzene rings is 2. The molecule has 4 rings (SSSR count). The van der Waals surface area contributed by atoms with Crippen LogP contribution in [0, 0.1) is 5.82 Å². The van der Waals surface area contributed by atoms with Crippen molar-refractivity contribution in [3.63, 3.8) is 0 Å². The van der Waals surface area contributed by atoms with Gasteiger partial charge in [0.05, 0.1) is 6.61 Å². The number of hydrogen-bond donors (Lipinski definition) is 1. The lowest BCUT2D eigenvalue weighted by Crippen LogP contribution is -2.41. The summed E-state index contributed by atoms with van der Waals surface area (Å²) in [6, 6.07) is 11.6. The maximum Gasteiger partial charge on any atom is 0.410 e. The summed E-state index contributed by atoms with van der Waals surface area (Å²) in [6.45, 7) is 2.61. The highest BCUT2D eigenvalue weighted by atomic mass is 35.5. The van der Waals surface area contributed by atoms with Crippen LogP contribution in [0.4, 0.5) is 9.18 Å². The van der Waals surface area contributed by atoms with Gasteiger partial charge in [0, 0.05) is 28.2 Å². The molecule has 0 fully saturated rings. The molecule has 0 spiro atoms. The van der Waals surface area contributed by atoms with Crippen molar-refractivity contribution >= 4 is 28.6 Å². The van der Waals surface area contributed by atoms with Gasteiger partial charge in [-0.2, -0.15) is 0 Å². The number of carbonyl (C=O) groups is 1. The molecule has 2 aromatic carbocycles. The standard InChI is InChI=1S/C20H18ClFN2O2/c1-2-26-20(25)24-10-9-15-16-11-13(21)5-8-17(16)23-18(15)19(24)12-3-6-14(22)7-4-12/h3-8,11,19,23H,2,9-10H2,1H3. The first-order valence-electron chi connectivity index (χ1n) is 8.57. The second kappa shape index (κ2) is 6.65. The minimum absolute atomic E-state index is 0.306. The van der Waals surface area contributed by atoms with Gasteiger partial charge in [0.25, 0.3) is 0 Å². The van der Waals surface area contributed by atoms with Crippen LogP contribution in [0.3, 0.4) is 0 Å². The van der Waals surface area contributed by atoms with Crippen molar-refractivity contribution in [3.05, 3.63) is 70.1 Å². The summed E-state index contributed by atoms with van der Waals surface area (Å²) in [5.74, 6) is -0.309. The van der Waals surface area contributed by atoms with Crippen LogP contribution in [0.2, 0.25) is 5.02 Å². The summed E-state index contributed by atoms with van der Waals surface area (Å²) >= 11 is 6.17. The van der Waals surface area contributed by atoms with E-state index in [0.29, 0.717) is 24.6 Å². The van der Waals surface area contributed by atoms with Gasteiger partial charge in [-0.1, -0.05) is 23.7 Å². The van der Waals surface area contributed by atoms with Crippen molar-refractivity contribution in [1.29, 1.82) is 0 Å². The molecule has 134 valence electrons. The van der Waals surface area contributed by atoms with Gasteiger partial charge in [-0.05, 0) is 54.8 Å². The van der Waals surface area contributed by atoms with E-state index >= 15 is 0 Å². The Morgan fingerprint density at radius 2 is 2.08 bits per heavy atom. The van der Waals surface area contributed by atoms with Gasteiger partial charge in [-0.15, -0.1) is 0 Å². The number of hydrogen-bond acceptors (Lipinski definition) is 2. The number of carbonyl (C=O) groups excluding carboxylic acids is 1. The van der Waals surface area contributed by atoms with Gasteiger partial charge in [-0.25, -0.2) is 9.18 Å². The van der Waals surface area contributed by atoms with Crippen molar-refractivity contribution in [2.24, 2.45) is 0 Å². The lowest BCUT2D eigenvalue weighted by Gasteiger charge is -2.35. The Hall–Kier alpha value is -2.53. The number of amides is 1. The Morgan fingerprint density at radius 1 is 1.31 bits per heavy atom. The number of nitrogens with one attached hydrogen (secondary N) is 1. The molecule has 26 heavy (non-hydrogen) atoms. The van der Waals surface area contributed by atoms with Crippen molar-refractivity contribution < 1.29 is 13.9 Å². The van der Waals surface area contributed by atoms with E-state index < -0.39 is 0 Å². The van der Waals surface area contributed by atoms with E-state index in [1.807, 2.05) is 18.2 Å². The van der Waals surface area contributed by atoms with Crippen LogP contribution in [0.15, 0.2) is 42.5 Å². The molecular formula is C20H18ClFN2O2. The third kappa shape index (κ3) is 2.82. The van der Waals surface area contributed by atoms with Crippen molar-refractivity contribution in [2.45, 2.75) is 19.4 Å². The fourth-order valence-corrected chi connectivity index (χ4v) is 3.83. The van der Waals surface area contributed by atoms with Gasteiger partial charge < -0.3 is 9.72 Å². The third-order valence-corrected chi connectivity index (χ3v) is 5.01. The van der Waals surface area contributed by atoms with E-state index in [1.165, 1.54) is 12.1 Å². The predicted molar refractivity (Wildman–Crippen MR) is 99.0 cm³/mol. The number of ether oxygens (including phenoxy) is 1. The van der Waals surface area contributed by atoms with Crippen LogP contribution < -0.4 is 0 Å². The number of H-pyrrole nitrogens is 1. The van der Waals surface area contributed by atoms with Crippen molar-refractivity contribution in [1.82, 2.24) is 9.88 Å². The minimum Gasteiger partial charge on any atom is -0.450 e. The molecule has 0 aliphatic carbocycles. The van der Waals surface area contributed by atoms with Crippen LogP contribution in [-0.2, 0) is 11.2 Å². The smallest absolute Gasteiger partial charge is 0.410 e. The first-order chi connectivity index (χ1) is 12.6. The number of rotatable bonds is 2. The molecule has 0 radical (unpaired) electrons. The quantitative estimate of drug-likeness (QED) is 0.683. The average Bonchev–Trinajstić information content (AvgIpc) is 3.00. The fraction of sp³-hybridized carbons (Fsp3) is 0.250. The van der Waals surface area contributed by atoms with E-state index in [-0.39, 0.29) is 18.0 Å². The van der Waals surface area contributed by atoms with Gasteiger partial charge in [-0.3, -0.25) is 4.90 Å². The summed E-state index contributed by atoms with van der Waals surface area (Å²) in [4.78, 5) is 17.6. The fourth-order valence-electron chi connectivity index (χ4n) is 3.66. The zero-order valence-electron chi connectivity index (χ0n) is 14.3. The first-order valence-corrected chi connectivity index (χ1v) is 8.95. The molecule has 2 heterocycles. The van der Waals surface area contributed by atoms with E-state index in [1.54, 1.807) is 24.0 Å². The zero-order chi connectivity index (χ0) is 18.3.